The zero-order valence-corrected chi connectivity index (χ0v) is 15.6. The number of benzene rings is 1. The number of ether oxygens (including phenoxy) is 2. The summed E-state index contributed by atoms with van der Waals surface area (Å²) in [5, 5.41) is 14.4. The van der Waals surface area contributed by atoms with Crippen LogP contribution < -0.4 is 14.8 Å². The Hall–Kier alpha value is -1.30. The maximum absolute atomic E-state index is 11.0. The van der Waals surface area contributed by atoms with Crippen LogP contribution >= 0.6 is 0 Å². The molecule has 0 bridgehead atoms. The molecule has 5 nitrogen and oxygen atoms in total. The van der Waals surface area contributed by atoms with Crippen LogP contribution in [0.15, 0.2) is 18.2 Å². The van der Waals surface area contributed by atoms with E-state index in [2.05, 4.69) is 31.1 Å². The van der Waals surface area contributed by atoms with Crippen LogP contribution in [0.2, 0.25) is 0 Å². The van der Waals surface area contributed by atoms with Crippen LogP contribution in [-0.4, -0.2) is 56.0 Å². The Morgan fingerprint density at radius 1 is 1.25 bits per heavy atom. The zero-order chi connectivity index (χ0) is 17.7. The molecule has 2 N–H and O–H groups in total. The van der Waals surface area contributed by atoms with E-state index >= 15 is 0 Å². The van der Waals surface area contributed by atoms with Gasteiger partial charge in [0.05, 0.1) is 19.8 Å². The molecular formula is C19H32N2O3. The fourth-order valence-corrected chi connectivity index (χ4v) is 3.53. The minimum Gasteiger partial charge on any atom is -0.493 e. The second-order valence-electron chi connectivity index (χ2n) is 7.11. The lowest BCUT2D eigenvalue weighted by Crippen LogP contribution is -2.54. The summed E-state index contributed by atoms with van der Waals surface area (Å²) in [6, 6.07) is 6.37. The second kappa shape index (κ2) is 8.19. The first kappa shape index (κ1) is 19.0. The van der Waals surface area contributed by atoms with E-state index in [1.807, 2.05) is 18.2 Å². The lowest BCUT2D eigenvalue weighted by Gasteiger charge is -2.46. The van der Waals surface area contributed by atoms with Crippen LogP contribution in [0.5, 0.6) is 11.5 Å². The summed E-state index contributed by atoms with van der Waals surface area (Å²) in [6.07, 6.45) is 1.61. The molecule has 1 fully saturated rings. The molecule has 0 amide bonds. The molecule has 0 radical (unpaired) electrons. The largest absolute Gasteiger partial charge is 0.493 e. The molecule has 0 saturated carbocycles. The Bertz CT molecular complexity index is 537. The van der Waals surface area contributed by atoms with Gasteiger partial charge in [-0.25, -0.2) is 0 Å². The van der Waals surface area contributed by atoms with E-state index in [9.17, 15) is 5.11 Å². The quantitative estimate of drug-likeness (QED) is 0.748. The van der Waals surface area contributed by atoms with E-state index in [0.29, 0.717) is 12.0 Å². The number of rotatable bonds is 7. The molecule has 136 valence electrons. The number of methoxy groups -OCH3 is 2. The lowest BCUT2D eigenvalue weighted by molar-refractivity contribution is -0.0831. The van der Waals surface area contributed by atoms with Gasteiger partial charge in [-0.05, 0) is 57.0 Å². The lowest BCUT2D eigenvalue weighted by atomic mass is 9.77. The molecule has 1 aromatic carbocycles. The Balaban J connectivity index is 1.84. The highest BCUT2D eigenvalue weighted by Gasteiger charge is 2.40. The van der Waals surface area contributed by atoms with E-state index in [4.69, 9.17) is 9.47 Å². The van der Waals surface area contributed by atoms with Crippen molar-refractivity contribution < 1.29 is 14.6 Å². The first-order valence-corrected chi connectivity index (χ1v) is 8.74. The van der Waals surface area contributed by atoms with Crippen molar-refractivity contribution in [2.75, 3.05) is 34.4 Å². The van der Waals surface area contributed by atoms with E-state index in [1.54, 1.807) is 14.2 Å². The Kier molecular flexibility index (Phi) is 6.49. The number of piperidine rings is 1. The molecule has 2 rings (SSSR count). The fourth-order valence-electron chi connectivity index (χ4n) is 3.53. The molecule has 1 saturated heterocycles. The molecule has 1 aliphatic rings. The Morgan fingerprint density at radius 2 is 1.96 bits per heavy atom. The molecular weight excluding hydrogens is 304 g/mol. The van der Waals surface area contributed by atoms with Gasteiger partial charge in [0, 0.05) is 19.1 Å². The van der Waals surface area contributed by atoms with Crippen molar-refractivity contribution in [3.63, 3.8) is 0 Å². The van der Waals surface area contributed by atoms with Crippen molar-refractivity contribution in [2.24, 2.45) is 5.92 Å². The summed E-state index contributed by atoms with van der Waals surface area (Å²) >= 11 is 0. The highest BCUT2D eigenvalue weighted by atomic mass is 16.5. The minimum absolute atomic E-state index is 0.293. The topological polar surface area (TPSA) is 54.0 Å². The molecule has 24 heavy (non-hydrogen) atoms. The van der Waals surface area contributed by atoms with Gasteiger partial charge in [0.25, 0.3) is 0 Å². The molecule has 1 aromatic rings. The predicted octanol–water partition coefficient (Wildman–Crippen LogP) is 2.27. The standard InChI is InChI=1S/C19H32N2O3/c1-14-13-21(3)15(2)11-19(14,22)8-9-20-12-16-6-7-17(23-4)18(10-16)24-5/h6-7,10,14-15,20,22H,8-9,11-13H2,1-5H3/t14-,15-,19-/m0/s1. The van der Waals surface area contributed by atoms with E-state index < -0.39 is 5.60 Å². The van der Waals surface area contributed by atoms with E-state index in [-0.39, 0.29) is 0 Å². The molecule has 0 aromatic heterocycles. The first-order chi connectivity index (χ1) is 11.4. The van der Waals surface area contributed by atoms with Crippen LogP contribution in [0.1, 0.15) is 32.3 Å². The predicted molar refractivity (Wildman–Crippen MR) is 96.7 cm³/mol. The Morgan fingerprint density at radius 3 is 2.62 bits per heavy atom. The summed E-state index contributed by atoms with van der Waals surface area (Å²) in [7, 11) is 5.42. The van der Waals surface area contributed by atoms with Crippen LogP contribution in [0.25, 0.3) is 0 Å². The third-order valence-corrected chi connectivity index (χ3v) is 5.39. The van der Waals surface area contributed by atoms with Crippen molar-refractivity contribution in [2.45, 2.75) is 44.9 Å². The number of hydrogen-bond donors (Lipinski definition) is 2. The van der Waals surface area contributed by atoms with Gasteiger partial charge in [0.15, 0.2) is 11.5 Å². The number of nitrogens with zero attached hydrogens (tertiary/aromatic N) is 1. The van der Waals surface area contributed by atoms with Gasteiger partial charge in [-0.2, -0.15) is 0 Å². The maximum Gasteiger partial charge on any atom is 0.161 e. The molecule has 0 aliphatic carbocycles. The van der Waals surface area contributed by atoms with Gasteiger partial charge >= 0.3 is 0 Å². The number of nitrogens with one attached hydrogen (secondary N) is 1. The van der Waals surface area contributed by atoms with Gasteiger partial charge in [0.1, 0.15) is 0 Å². The third kappa shape index (κ3) is 4.41. The van der Waals surface area contributed by atoms with E-state index in [0.717, 1.165) is 49.5 Å². The van der Waals surface area contributed by atoms with Crippen molar-refractivity contribution >= 4 is 0 Å². The average Bonchev–Trinajstić information content (AvgIpc) is 2.57. The highest BCUT2D eigenvalue weighted by Crippen LogP contribution is 2.33. The SMILES string of the molecule is COc1ccc(CNCC[C@]2(O)C[C@H](C)N(C)C[C@@H]2C)cc1OC. The van der Waals surface area contributed by atoms with Crippen molar-refractivity contribution in [1.82, 2.24) is 10.2 Å². The van der Waals surface area contributed by atoms with Crippen LogP contribution in [-0.2, 0) is 6.54 Å². The summed E-state index contributed by atoms with van der Waals surface area (Å²) in [5.41, 5.74) is 0.570. The smallest absolute Gasteiger partial charge is 0.161 e. The monoisotopic (exact) mass is 336 g/mol. The van der Waals surface area contributed by atoms with Crippen molar-refractivity contribution in [3.8, 4) is 11.5 Å². The summed E-state index contributed by atoms with van der Waals surface area (Å²) in [4.78, 5) is 2.33. The normalized spacial score (nSPS) is 27.9. The zero-order valence-electron chi connectivity index (χ0n) is 15.6. The Labute approximate surface area is 146 Å². The third-order valence-electron chi connectivity index (χ3n) is 5.39. The second-order valence-corrected chi connectivity index (χ2v) is 7.11. The van der Waals surface area contributed by atoms with Gasteiger partial charge < -0.3 is 24.8 Å². The fraction of sp³-hybridized carbons (Fsp3) is 0.684. The highest BCUT2D eigenvalue weighted by molar-refractivity contribution is 5.42. The van der Waals surface area contributed by atoms with Gasteiger partial charge in [0.2, 0.25) is 0 Å². The first-order valence-electron chi connectivity index (χ1n) is 8.74. The molecule has 0 spiro atoms. The summed E-state index contributed by atoms with van der Waals surface area (Å²) in [6.45, 7) is 6.84. The maximum atomic E-state index is 11.0. The molecule has 3 atom stereocenters. The van der Waals surface area contributed by atoms with Crippen LogP contribution in [0.4, 0.5) is 0 Å². The van der Waals surface area contributed by atoms with Crippen molar-refractivity contribution in [3.05, 3.63) is 23.8 Å². The van der Waals surface area contributed by atoms with E-state index in [1.165, 1.54) is 0 Å². The van der Waals surface area contributed by atoms with Crippen LogP contribution in [0.3, 0.4) is 0 Å². The number of likely N-dealkylation sites (tertiary alicyclic amines) is 1. The number of aliphatic hydroxyl groups is 1. The molecule has 5 heteroatoms. The summed E-state index contributed by atoms with van der Waals surface area (Å²) in [5.74, 6) is 1.78. The summed E-state index contributed by atoms with van der Waals surface area (Å²) < 4.78 is 10.6. The van der Waals surface area contributed by atoms with Crippen molar-refractivity contribution in [1.29, 1.82) is 0 Å². The van der Waals surface area contributed by atoms with Gasteiger partial charge in [-0.1, -0.05) is 13.0 Å². The molecule has 1 heterocycles. The average molecular weight is 336 g/mol. The molecule has 0 unspecified atom stereocenters. The van der Waals surface area contributed by atoms with Gasteiger partial charge in [-0.3, -0.25) is 0 Å². The number of hydrogen-bond acceptors (Lipinski definition) is 5. The minimum atomic E-state index is -0.573. The van der Waals surface area contributed by atoms with Gasteiger partial charge in [-0.15, -0.1) is 0 Å². The molecule has 1 aliphatic heterocycles. The van der Waals surface area contributed by atoms with Crippen LogP contribution in [0, 0.1) is 5.92 Å².